The van der Waals surface area contributed by atoms with Crippen molar-refractivity contribution in [2.45, 2.75) is 104 Å². The predicted molar refractivity (Wildman–Crippen MR) is 168 cm³/mol. The van der Waals surface area contributed by atoms with E-state index in [4.69, 9.17) is 9.97 Å². The van der Waals surface area contributed by atoms with Crippen molar-refractivity contribution in [3.8, 4) is 30.6 Å². The van der Waals surface area contributed by atoms with Crippen LogP contribution in [0, 0.1) is 0 Å². The molecule has 4 aromatic rings. The summed E-state index contributed by atoms with van der Waals surface area (Å²) in [4.78, 5) is 14.7. The SMILES string of the molecule is CCCCCCCCc1ccc(-c2ccc(-c3ccc(-c4ccc(CCCCCCCC)nc4)s3)s2)cn1. The van der Waals surface area contributed by atoms with Crippen LogP contribution in [0.1, 0.15) is 102 Å². The first-order valence-electron chi connectivity index (χ1n) is 14.9. The normalized spacial score (nSPS) is 11.3. The number of thiophene rings is 2. The molecule has 0 radical (unpaired) electrons. The first-order valence-corrected chi connectivity index (χ1v) is 16.5. The lowest BCUT2D eigenvalue weighted by Gasteiger charge is -2.03. The summed E-state index contributed by atoms with van der Waals surface area (Å²) in [6, 6.07) is 17.9. The summed E-state index contributed by atoms with van der Waals surface area (Å²) in [6.07, 6.45) is 22.2. The van der Waals surface area contributed by atoms with E-state index in [2.05, 4.69) is 74.8 Å². The van der Waals surface area contributed by atoms with Gasteiger partial charge in [-0.15, -0.1) is 22.7 Å². The van der Waals surface area contributed by atoms with Crippen molar-refractivity contribution in [2.24, 2.45) is 0 Å². The number of aryl methyl sites for hydroxylation is 2. The molecule has 0 aliphatic heterocycles. The van der Waals surface area contributed by atoms with E-state index in [1.165, 1.54) is 119 Å². The maximum Gasteiger partial charge on any atom is 0.0449 e. The number of pyridine rings is 2. The Balaban J connectivity index is 1.28. The molecular weight excluding hydrogens is 501 g/mol. The highest BCUT2D eigenvalue weighted by atomic mass is 32.1. The van der Waals surface area contributed by atoms with Crippen LogP contribution >= 0.6 is 22.7 Å². The van der Waals surface area contributed by atoms with Crippen LogP contribution in [0.5, 0.6) is 0 Å². The molecule has 0 fully saturated rings. The van der Waals surface area contributed by atoms with Gasteiger partial charge in [-0.3, -0.25) is 9.97 Å². The lowest BCUT2D eigenvalue weighted by molar-refractivity contribution is 0.605. The molecule has 0 amide bonds. The molecule has 202 valence electrons. The van der Waals surface area contributed by atoms with Crippen LogP contribution in [0.25, 0.3) is 30.6 Å². The van der Waals surface area contributed by atoms with E-state index in [0.29, 0.717) is 0 Å². The van der Waals surface area contributed by atoms with Gasteiger partial charge in [0.05, 0.1) is 0 Å². The van der Waals surface area contributed by atoms with Gasteiger partial charge in [0.25, 0.3) is 0 Å². The highest BCUT2D eigenvalue weighted by molar-refractivity contribution is 7.25. The minimum Gasteiger partial charge on any atom is -0.261 e. The molecule has 0 aromatic carbocycles. The van der Waals surface area contributed by atoms with Crippen LogP contribution in [0.4, 0.5) is 0 Å². The minimum absolute atomic E-state index is 1.09. The molecule has 0 aliphatic rings. The van der Waals surface area contributed by atoms with Crippen molar-refractivity contribution in [2.75, 3.05) is 0 Å². The Kier molecular flexibility index (Phi) is 12.1. The predicted octanol–water partition coefficient (Wildman–Crippen LogP) is 11.4. The zero-order chi connectivity index (χ0) is 26.4. The van der Waals surface area contributed by atoms with Gasteiger partial charge in [0, 0.05) is 54.4 Å². The lowest BCUT2D eigenvalue weighted by atomic mass is 10.1. The summed E-state index contributed by atoms with van der Waals surface area (Å²) < 4.78 is 0. The molecule has 0 spiro atoms. The van der Waals surface area contributed by atoms with Gasteiger partial charge in [0.15, 0.2) is 0 Å². The van der Waals surface area contributed by atoms with E-state index in [0.717, 1.165) is 12.8 Å². The van der Waals surface area contributed by atoms with Crippen molar-refractivity contribution >= 4 is 22.7 Å². The van der Waals surface area contributed by atoms with E-state index in [1.54, 1.807) is 0 Å². The second kappa shape index (κ2) is 16.0. The van der Waals surface area contributed by atoms with Crippen LogP contribution in [0.2, 0.25) is 0 Å². The first kappa shape index (κ1) is 28.7. The highest BCUT2D eigenvalue weighted by Crippen LogP contribution is 2.40. The van der Waals surface area contributed by atoms with Gasteiger partial charge in [0.2, 0.25) is 0 Å². The molecule has 4 heterocycles. The van der Waals surface area contributed by atoms with Gasteiger partial charge >= 0.3 is 0 Å². The zero-order valence-electron chi connectivity index (χ0n) is 23.4. The van der Waals surface area contributed by atoms with Gasteiger partial charge in [-0.1, -0.05) is 90.2 Å². The molecule has 0 saturated heterocycles. The van der Waals surface area contributed by atoms with Gasteiger partial charge < -0.3 is 0 Å². The number of rotatable bonds is 17. The zero-order valence-corrected chi connectivity index (χ0v) is 25.0. The third-order valence-electron chi connectivity index (χ3n) is 7.25. The number of hydrogen-bond donors (Lipinski definition) is 0. The third-order valence-corrected chi connectivity index (χ3v) is 9.71. The average molecular weight is 545 g/mol. The Morgan fingerprint density at radius 3 is 1.24 bits per heavy atom. The summed E-state index contributed by atoms with van der Waals surface area (Å²) in [5, 5.41) is 0. The highest BCUT2D eigenvalue weighted by Gasteiger charge is 2.10. The van der Waals surface area contributed by atoms with E-state index < -0.39 is 0 Å². The van der Waals surface area contributed by atoms with Crippen molar-refractivity contribution in [3.05, 3.63) is 72.3 Å². The molecule has 4 heteroatoms. The van der Waals surface area contributed by atoms with Crippen LogP contribution in [-0.4, -0.2) is 9.97 Å². The average Bonchev–Trinajstić information content (AvgIpc) is 3.64. The molecule has 0 bridgehead atoms. The number of hydrogen-bond acceptors (Lipinski definition) is 4. The number of aromatic nitrogens is 2. The van der Waals surface area contributed by atoms with Crippen LogP contribution in [-0.2, 0) is 12.8 Å². The summed E-state index contributed by atoms with van der Waals surface area (Å²) in [6.45, 7) is 4.54. The molecule has 4 aromatic heterocycles. The van der Waals surface area contributed by atoms with Crippen LogP contribution < -0.4 is 0 Å². The van der Waals surface area contributed by atoms with Crippen molar-refractivity contribution in [1.82, 2.24) is 9.97 Å². The van der Waals surface area contributed by atoms with E-state index in [-0.39, 0.29) is 0 Å². The Morgan fingerprint density at radius 2 is 0.842 bits per heavy atom. The summed E-state index contributed by atoms with van der Waals surface area (Å²) in [5.41, 5.74) is 4.87. The molecule has 4 rings (SSSR count). The maximum atomic E-state index is 4.76. The summed E-state index contributed by atoms with van der Waals surface area (Å²) >= 11 is 3.71. The Labute approximate surface area is 238 Å². The maximum absolute atomic E-state index is 4.76. The fourth-order valence-electron chi connectivity index (χ4n) is 4.86. The molecule has 0 N–H and O–H groups in total. The van der Waals surface area contributed by atoms with E-state index in [9.17, 15) is 0 Å². The van der Waals surface area contributed by atoms with Crippen molar-refractivity contribution < 1.29 is 0 Å². The number of unbranched alkanes of at least 4 members (excludes halogenated alkanes) is 10. The molecule has 0 saturated carbocycles. The second-order valence-electron chi connectivity index (χ2n) is 10.4. The molecule has 0 atom stereocenters. The Hall–Kier alpha value is -2.30. The van der Waals surface area contributed by atoms with Crippen LogP contribution in [0.3, 0.4) is 0 Å². The standard InChI is InChI=1S/C34H44N2S2/c1-3-5-7-9-11-13-15-29-19-17-27(25-35-29)31-21-23-33(37-31)34-24-22-32(38-34)28-18-20-30(36-26-28)16-14-12-10-8-6-4-2/h17-26H,3-16H2,1-2H3. The Morgan fingerprint density at radius 1 is 0.447 bits per heavy atom. The topological polar surface area (TPSA) is 25.8 Å². The van der Waals surface area contributed by atoms with Gasteiger partial charge in [-0.05, 0) is 62.1 Å². The van der Waals surface area contributed by atoms with Gasteiger partial charge in [0.1, 0.15) is 0 Å². The fraction of sp³-hybridized carbons (Fsp3) is 0.471. The summed E-state index contributed by atoms with van der Waals surface area (Å²) in [7, 11) is 0. The summed E-state index contributed by atoms with van der Waals surface area (Å²) in [5.74, 6) is 0. The fourth-order valence-corrected chi connectivity index (χ4v) is 6.94. The molecular formula is C34H44N2S2. The molecule has 0 aliphatic carbocycles. The lowest BCUT2D eigenvalue weighted by Crippen LogP contribution is -1.90. The van der Waals surface area contributed by atoms with Crippen LogP contribution in [0.15, 0.2) is 60.9 Å². The third kappa shape index (κ3) is 8.88. The van der Waals surface area contributed by atoms with Gasteiger partial charge in [-0.2, -0.15) is 0 Å². The van der Waals surface area contributed by atoms with E-state index >= 15 is 0 Å². The second-order valence-corrected chi connectivity index (χ2v) is 12.6. The quantitative estimate of drug-likeness (QED) is 0.124. The Bertz CT molecular complexity index is 1090. The molecule has 2 nitrogen and oxygen atoms in total. The van der Waals surface area contributed by atoms with E-state index in [1.807, 2.05) is 22.7 Å². The van der Waals surface area contributed by atoms with Gasteiger partial charge in [-0.25, -0.2) is 0 Å². The monoisotopic (exact) mass is 544 g/mol. The molecule has 0 unspecified atom stereocenters. The minimum atomic E-state index is 1.09. The molecule has 38 heavy (non-hydrogen) atoms. The van der Waals surface area contributed by atoms with Crippen molar-refractivity contribution in [1.29, 1.82) is 0 Å². The smallest absolute Gasteiger partial charge is 0.0449 e. The van der Waals surface area contributed by atoms with Crippen molar-refractivity contribution in [3.63, 3.8) is 0 Å². The number of nitrogens with zero attached hydrogens (tertiary/aromatic N) is 2. The largest absolute Gasteiger partial charge is 0.261 e. The first-order chi connectivity index (χ1) is 18.8.